The van der Waals surface area contributed by atoms with Crippen LogP contribution in [0.2, 0.25) is 0 Å². The van der Waals surface area contributed by atoms with E-state index in [0.29, 0.717) is 0 Å². The summed E-state index contributed by atoms with van der Waals surface area (Å²) in [6.45, 7) is 3.17. The van der Waals surface area contributed by atoms with Gasteiger partial charge in [0.05, 0.1) is 0 Å². The molecule has 1 aliphatic rings. The maximum atomic E-state index is 4.60. The van der Waals surface area contributed by atoms with Gasteiger partial charge in [-0.1, -0.05) is 35.3 Å². The molecule has 0 radical (unpaired) electrons. The zero-order valence-corrected chi connectivity index (χ0v) is 9.97. The van der Waals surface area contributed by atoms with Crippen molar-refractivity contribution in [1.82, 2.24) is 0 Å². The second kappa shape index (κ2) is 4.26. The summed E-state index contributed by atoms with van der Waals surface area (Å²) in [6, 6.07) is 6.53. The van der Waals surface area contributed by atoms with Crippen molar-refractivity contribution in [2.75, 3.05) is 6.54 Å². The molecule has 0 atom stereocenters. The van der Waals surface area contributed by atoms with E-state index in [1.165, 1.54) is 23.3 Å². The molecular weight excluding hydrogens is 238 g/mol. The van der Waals surface area contributed by atoms with Crippen molar-refractivity contribution in [2.45, 2.75) is 26.2 Å². The second-order valence-electron chi connectivity index (χ2n) is 3.63. The Bertz CT molecular complexity index is 369. The molecule has 0 unspecified atom stereocenters. The highest BCUT2D eigenvalue weighted by Crippen LogP contribution is 2.22. The van der Waals surface area contributed by atoms with Gasteiger partial charge in [0, 0.05) is 16.7 Å². The van der Waals surface area contributed by atoms with Gasteiger partial charge in [0.2, 0.25) is 0 Å². The van der Waals surface area contributed by atoms with Gasteiger partial charge in [-0.25, -0.2) is 0 Å². The topological polar surface area (TPSA) is 12.4 Å². The highest BCUT2D eigenvalue weighted by Gasteiger charge is 2.12. The van der Waals surface area contributed by atoms with Crippen LogP contribution in [0.4, 0.5) is 0 Å². The second-order valence-corrected chi connectivity index (χ2v) is 4.55. The van der Waals surface area contributed by atoms with Crippen molar-refractivity contribution < 1.29 is 0 Å². The summed E-state index contributed by atoms with van der Waals surface area (Å²) in [5.41, 5.74) is 4.09. The Morgan fingerprint density at radius 1 is 1.43 bits per heavy atom. The average molecular weight is 252 g/mol. The van der Waals surface area contributed by atoms with Gasteiger partial charge in [0.25, 0.3) is 0 Å². The first kappa shape index (κ1) is 9.91. The fraction of sp³-hybridized carbons (Fsp3) is 0.417. The summed E-state index contributed by atoms with van der Waals surface area (Å²) in [5, 5.41) is 0. The molecule has 2 heteroatoms. The lowest BCUT2D eigenvalue weighted by molar-refractivity contribution is 0.905. The lowest BCUT2D eigenvalue weighted by Gasteiger charge is -2.16. The highest BCUT2D eigenvalue weighted by molar-refractivity contribution is 9.10. The number of rotatable bonds is 2. The van der Waals surface area contributed by atoms with E-state index in [1.54, 1.807) is 0 Å². The minimum atomic E-state index is 0.962. The summed E-state index contributed by atoms with van der Waals surface area (Å²) in [6.07, 6.45) is 3.37. The smallest absolute Gasteiger partial charge is 0.0433 e. The van der Waals surface area contributed by atoms with E-state index >= 15 is 0 Å². The predicted molar refractivity (Wildman–Crippen MR) is 64.2 cm³/mol. The van der Waals surface area contributed by atoms with Crippen LogP contribution in [0.3, 0.4) is 0 Å². The summed E-state index contributed by atoms with van der Waals surface area (Å²) in [5.74, 6) is 0. The molecule has 1 heterocycles. The Morgan fingerprint density at radius 2 is 2.29 bits per heavy atom. The molecule has 1 aliphatic heterocycles. The molecule has 2 rings (SSSR count). The summed E-state index contributed by atoms with van der Waals surface area (Å²) >= 11 is 3.51. The van der Waals surface area contributed by atoms with E-state index in [4.69, 9.17) is 0 Å². The molecule has 0 fully saturated rings. The van der Waals surface area contributed by atoms with Crippen LogP contribution in [0.15, 0.2) is 27.7 Å². The fourth-order valence-corrected chi connectivity index (χ4v) is 2.24. The molecule has 1 aromatic carbocycles. The monoisotopic (exact) mass is 251 g/mol. The third-order valence-electron chi connectivity index (χ3n) is 2.55. The predicted octanol–water partition coefficient (Wildman–Crippen LogP) is 3.59. The largest absolute Gasteiger partial charge is 0.289 e. The van der Waals surface area contributed by atoms with Crippen LogP contribution in [0, 0.1) is 0 Å². The average Bonchev–Trinajstić information content (AvgIpc) is 2.19. The first-order valence-electron chi connectivity index (χ1n) is 5.13. The van der Waals surface area contributed by atoms with Gasteiger partial charge in [-0.15, -0.1) is 0 Å². The van der Waals surface area contributed by atoms with Gasteiger partial charge >= 0.3 is 0 Å². The molecular formula is C12H14BrN. The van der Waals surface area contributed by atoms with Crippen molar-refractivity contribution in [3.05, 3.63) is 33.8 Å². The molecule has 74 valence electrons. The van der Waals surface area contributed by atoms with Crippen molar-refractivity contribution in [3.8, 4) is 0 Å². The Hall–Kier alpha value is -0.630. The standard InChI is InChI=1S/C12H14BrN/c1-2-3-12-11-8-10(13)5-4-9(11)6-7-14-12/h4-5,8H,2-3,6-7H2,1H3. The number of halogens is 1. The van der Waals surface area contributed by atoms with E-state index < -0.39 is 0 Å². The van der Waals surface area contributed by atoms with Gasteiger partial charge in [-0.3, -0.25) is 4.99 Å². The van der Waals surface area contributed by atoms with E-state index in [-0.39, 0.29) is 0 Å². The lowest BCUT2D eigenvalue weighted by Crippen LogP contribution is -2.12. The first-order chi connectivity index (χ1) is 6.81. The minimum absolute atomic E-state index is 0.962. The molecule has 0 aromatic heterocycles. The highest BCUT2D eigenvalue weighted by atomic mass is 79.9. The van der Waals surface area contributed by atoms with Crippen LogP contribution in [-0.2, 0) is 6.42 Å². The van der Waals surface area contributed by atoms with Gasteiger partial charge in [0.1, 0.15) is 0 Å². The van der Waals surface area contributed by atoms with Crippen molar-refractivity contribution in [1.29, 1.82) is 0 Å². The fourth-order valence-electron chi connectivity index (χ4n) is 1.88. The van der Waals surface area contributed by atoms with E-state index in [9.17, 15) is 0 Å². The molecule has 0 amide bonds. The molecule has 1 nitrogen and oxygen atoms in total. The minimum Gasteiger partial charge on any atom is -0.289 e. The quantitative estimate of drug-likeness (QED) is 0.762. The van der Waals surface area contributed by atoms with Gasteiger partial charge in [-0.2, -0.15) is 0 Å². The van der Waals surface area contributed by atoms with Crippen LogP contribution in [-0.4, -0.2) is 12.3 Å². The lowest BCUT2D eigenvalue weighted by atomic mass is 9.95. The third kappa shape index (κ3) is 1.90. The Kier molecular flexibility index (Phi) is 3.02. The Morgan fingerprint density at radius 3 is 3.07 bits per heavy atom. The van der Waals surface area contributed by atoms with E-state index in [2.05, 4.69) is 46.0 Å². The zero-order chi connectivity index (χ0) is 9.97. The maximum absolute atomic E-state index is 4.60. The van der Waals surface area contributed by atoms with Crippen molar-refractivity contribution >= 4 is 21.6 Å². The van der Waals surface area contributed by atoms with Crippen molar-refractivity contribution in [2.24, 2.45) is 4.99 Å². The molecule has 14 heavy (non-hydrogen) atoms. The molecule has 0 saturated carbocycles. The van der Waals surface area contributed by atoms with Crippen LogP contribution in [0.1, 0.15) is 30.9 Å². The maximum Gasteiger partial charge on any atom is 0.0433 e. The Balaban J connectivity index is 2.40. The number of hydrogen-bond donors (Lipinski definition) is 0. The number of fused-ring (bicyclic) bond motifs is 1. The Labute approximate surface area is 93.4 Å². The molecule has 0 saturated heterocycles. The molecule has 0 N–H and O–H groups in total. The van der Waals surface area contributed by atoms with Crippen LogP contribution in [0.25, 0.3) is 0 Å². The van der Waals surface area contributed by atoms with E-state index in [1.807, 2.05) is 0 Å². The SMILES string of the molecule is CCCC1=NCCc2ccc(Br)cc21. The summed E-state index contributed by atoms with van der Waals surface area (Å²) < 4.78 is 1.15. The molecule has 1 aromatic rings. The van der Waals surface area contributed by atoms with Crippen LogP contribution in [0.5, 0.6) is 0 Å². The molecule has 0 aliphatic carbocycles. The van der Waals surface area contributed by atoms with Gasteiger partial charge < -0.3 is 0 Å². The van der Waals surface area contributed by atoms with E-state index in [0.717, 1.165) is 23.9 Å². The number of nitrogens with zero attached hydrogens (tertiary/aromatic N) is 1. The molecule has 0 bridgehead atoms. The van der Waals surface area contributed by atoms with Gasteiger partial charge in [-0.05, 0) is 36.1 Å². The normalized spacial score (nSPS) is 14.9. The van der Waals surface area contributed by atoms with Crippen LogP contribution < -0.4 is 0 Å². The van der Waals surface area contributed by atoms with Crippen molar-refractivity contribution in [3.63, 3.8) is 0 Å². The summed E-state index contributed by atoms with van der Waals surface area (Å²) in [4.78, 5) is 4.60. The third-order valence-corrected chi connectivity index (χ3v) is 3.05. The van der Waals surface area contributed by atoms with Crippen LogP contribution >= 0.6 is 15.9 Å². The number of aliphatic imine (C=N–C) groups is 1. The zero-order valence-electron chi connectivity index (χ0n) is 8.39. The number of benzene rings is 1. The van der Waals surface area contributed by atoms with Gasteiger partial charge in [0.15, 0.2) is 0 Å². The molecule has 0 spiro atoms. The summed E-state index contributed by atoms with van der Waals surface area (Å²) in [7, 11) is 0. The number of hydrogen-bond acceptors (Lipinski definition) is 1. The first-order valence-corrected chi connectivity index (χ1v) is 5.92.